The number of ether oxygens (including phenoxy) is 1. The number of halogens is 3. The number of aromatic nitrogens is 2. The highest BCUT2D eigenvalue weighted by molar-refractivity contribution is 6.38. The van der Waals surface area contributed by atoms with Gasteiger partial charge in [-0.25, -0.2) is 4.98 Å². The molecule has 0 aliphatic carbocycles. The zero-order valence-electron chi connectivity index (χ0n) is 22.0. The summed E-state index contributed by atoms with van der Waals surface area (Å²) in [6, 6.07) is 6.75. The quantitative estimate of drug-likeness (QED) is 0.301. The number of nitrogens with zero attached hydrogens (tertiary/aromatic N) is 2. The predicted molar refractivity (Wildman–Crippen MR) is 153 cm³/mol. The van der Waals surface area contributed by atoms with Crippen LogP contribution in [0.5, 0.6) is 5.88 Å². The molecule has 37 heavy (non-hydrogen) atoms. The largest absolute Gasteiger partial charge is 0.477 e. The average Bonchev–Trinajstić information content (AvgIpc) is 2.82. The summed E-state index contributed by atoms with van der Waals surface area (Å²) >= 11 is 19.3. The Morgan fingerprint density at radius 1 is 0.919 bits per heavy atom. The zero-order valence-corrected chi connectivity index (χ0v) is 24.2. The number of aliphatic hydroxyl groups excluding tert-OH is 3. The van der Waals surface area contributed by atoms with Gasteiger partial charge in [-0.2, -0.15) is 0 Å². The second-order valence-corrected chi connectivity index (χ2v) is 10.3. The Hall–Kier alpha value is -1.87. The smallest absolute Gasteiger partial charge is 0.227 e. The van der Waals surface area contributed by atoms with Crippen molar-refractivity contribution in [1.82, 2.24) is 9.55 Å². The van der Waals surface area contributed by atoms with Crippen LogP contribution in [-0.4, -0.2) is 51.3 Å². The Morgan fingerprint density at radius 2 is 1.49 bits per heavy atom. The van der Waals surface area contributed by atoms with Crippen LogP contribution in [0, 0.1) is 18.8 Å². The molecule has 0 unspecified atom stereocenters. The van der Waals surface area contributed by atoms with Crippen LogP contribution >= 0.6 is 34.8 Å². The van der Waals surface area contributed by atoms with Crippen LogP contribution in [-0.2, 0) is 0 Å². The third-order valence-corrected chi connectivity index (χ3v) is 5.92. The number of para-hydroxylation sites is 1. The third-order valence-electron chi connectivity index (χ3n) is 5.04. The van der Waals surface area contributed by atoms with Gasteiger partial charge in [0.2, 0.25) is 5.88 Å². The van der Waals surface area contributed by atoms with E-state index in [2.05, 4.69) is 32.7 Å². The number of aryl methyl sites for hydroxylation is 1. The first-order valence-electron chi connectivity index (χ1n) is 12.1. The van der Waals surface area contributed by atoms with Gasteiger partial charge in [0.05, 0.1) is 52.3 Å². The Kier molecular flexibility index (Phi) is 15.1. The van der Waals surface area contributed by atoms with E-state index in [1.165, 1.54) is 12.3 Å². The number of benzene rings is 1. The van der Waals surface area contributed by atoms with Gasteiger partial charge in [-0.05, 0) is 43.7 Å². The van der Waals surface area contributed by atoms with E-state index in [0.29, 0.717) is 62.4 Å². The molecule has 0 saturated heterocycles. The number of rotatable bonds is 8. The monoisotopic (exact) mass is 574 g/mol. The van der Waals surface area contributed by atoms with Crippen molar-refractivity contribution in [1.29, 1.82) is 0 Å². The van der Waals surface area contributed by atoms with Gasteiger partial charge < -0.3 is 24.6 Å². The Morgan fingerprint density at radius 3 is 1.95 bits per heavy atom. The molecule has 10 heteroatoms. The van der Waals surface area contributed by atoms with E-state index >= 15 is 0 Å². The zero-order chi connectivity index (χ0) is 28.1. The van der Waals surface area contributed by atoms with Gasteiger partial charge in [0, 0.05) is 18.4 Å². The summed E-state index contributed by atoms with van der Waals surface area (Å²) in [6.07, 6.45) is 3.26. The molecular weight excluding hydrogens is 539 g/mol. The maximum absolute atomic E-state index is 12.8. The van der Waals surface area contributed by atoms with Crippen LogP contribution < -0.4 is 10.2 Å². The second-order valence-electron chi connectivity index (χ2n) is 9.07. The summed E-state index contributed by atoms with van der Waals surface area (Å²) < 4.78 is 7.59. The normalized spacial score (nSPS) is 10.7. The number of hydrogen-bond acceptors (Lipinski definition) is 6. The van der Waals surface area contributed by atoms with Gasteiger partial charge in [-0.15, -0.1) is 0 Å². The minimum atomic E-state index is -0.212. The van der Waals surface area contributed by atoms with Gasteiger partial charge in [0.25, 0.3) is 0 Å². The first kappa shape index (κ1) is 33.2. The SMILES string of the molecule is CC(C)CCO.Cc1cc(=O)c2c(OCCC(C)C)ncc(Cl)c2n1-c1c(Cl)cccc1Cl.OCCO. The fourth-order valence-electron chi connectivity index (χ4n) is 3.15. The molecule has 1 aromatic carbocycles. The van der Waals surface area contributed by atoms with Gasteiger partial charge in [0.1, 0.15) is 5.39 Å². The highest BCUT2D eigenvalue weighted by Crippen LogP contribution is 2.35. The lowest BCUT2D eigenvalue weighted by Crippen LogP contribution is -2.14. The summed E-state index contributed by atoms with van der Waals surface area (Å²) in [7, 11) is 0. The second kappa shape index (κ2) is 16.9. The maximum Gasteiger partial charge on any atom is 0.227 e. The van der Waals surface area contributed by atoms with Crippen LogP contribution in [0.4, 0.5) is 0 Å². The molecule has 0 radical (unpaired) electrons. The lowest BCUT2D eigenvalue weighted by Gasteiger charge is -2.19. The summed E-state index contributed by atoms with van der Waals surface area (Å²) in [4.78, 5) is 17.0. The molecule has 3 aromatic rings. The fourth-order valence-corrected chi connectivity index (χ4v) is 3.95. The molecule has 0 aliphatic heterocycles. The van der Waals surface area contributed by atoms with Crippen LogP contribution in [0.25, 0.3) is 16.6 Å². The summed E-state index contributed by atoms with van der Waals surface area (Å²) in [5, 5.41) is 25.0. The third kappa shape index (κ3) is 10.1. The highest BCUT2D eigenvalue weighted by Gasteiger charge is 2.20. The van der Waals surface area contributed by atoms with Crippen molar-refractivity contribution in [2.45, 2.75) is 47.5 Å². The molecule has 0 fully saturated rings. The molecule has 7 nitrogen and oxygen atoms in total. The predicted octanol–water partition coefficient (Wildman–Crippen LogP) is 6.08. The molecule has 206 valence electrons. The average molecular weight is 576 g/mol. The molecule has 0 bridgehead atoms. The molecule has 3 N–H and O–H groups in total. The molecule has 0 amide bonds. The van der Waals surface area contributed by atoms with Crippen LogP contribution in [0.15, 0.2) is 35.3 Å². The fraction of sp³-hybridized carbons (Fsp3) is 0.481. The van der Waals surface area contributed by atoms with Crippen molar-refractivity contribution in [3.8, 4) is 11.6 Å². The van der Waals surface area contributed by atoms with Crippen molar-refractivity contribution >= 4 is 45.7 Å². The summed E-state index contributed by atoms with van der Waals surface area (Å²) in [5.74, 6) is 1.39. The molecule has 2 heterocycles. The van der Waals surface area contributed by atoms with Gasteiger partial charge in [-0.1, -0.05) is 68.6 Å². The van der Waals surface area contributed by atoms with Gasteiger partial charge in [0.15, 0.2) is 5.43 Å². The minimum Gasteiger partial charge on any atom is -0.477 e. The number of pyridine rings is 2. The lowest BCUT2D eigenvalue weighted by atomic mass is 10.1. The highest BCUT2D eigenvalue weighted by atomic mass is 35.5. The number of hydrogen-bond donors (Lipinski definition) is 3. The first-order valence-corrected chi connectivity index (χ1v) is 13.2. The van der Waals surface area contributed by atoms with Crippen molar-refractivity contribution in [3.63, 3.8) is 0 Å². The van der Waals surface area contributed by atoms with E-state index < -0.39 is 0 Å². The van der Waals surface area contributed by atoms with E-state index in [1.54, 1.807) is 29.7 Å². The Labute approximate surface area is 233 Å². The van der Waals surface area contributed by atoms with E-state index in [4.69, 9.17) is 54.9 Å². The molecular formula is C27H37Cl3N2O5. The Bertz CT molecular complexity index is 1160. The molecule has 0 atom stereocenters. The van der Waals surface area contributed by atoms with E-state index in [0.717, 1.165) is 12.8 Å². The maximum atomic E-state index is 12.8. The molecule has 0 spiro atoms. The van der Waals surface area contributed by atoms with E-state index in [9.17, 15) is 4.79 Å². The molecule has 0 aliphatic rings. The lowest BCUT2D eigenvalue weighted by molar-refractivity contribution is 0.186. The van der Waals surface area contributed by atoms with E-state index in [-0.39, 0.29) is 24.5 Å². The van der Waals surface area contributed by atoms with E-state index in [1.807, 2.05) is 0 Å². The molecule has 2 aromatic heterocycles. The van der Waals surface area contributed by atoms with Crippen LogP contribution in [0.1, 0.15) is 46.2 Å². The number of aliphatic hydroxyl groups is 3. The van der Waals surface area contributed by atoms with Crippen molar-refractivity contribution in [2.24, 2.45) is 11.8 Å². The van der Waals surface area contributed by atoms with Crippen molar-refractivity contribution in [2.75, 3.05) is 26.4 Å². The van der Waals surface area contributed by atoms with Gasteiger partial charge in [-0.3, -0.25) is 4.79 Å². The number of fused-ring (bicyclic) bond motifs is 1. The molecule has 0 saturated carbocycles. The standard InChI is InChI=1S/C20H19Cl3N2O2.C5H12O.C2H6O2/c1-11(2)7-8-27-20-17-16(26)9-12(3)25(19(17)15(23)10-24-20)18-13(21)5-4-6-14(18)22;1-5(2)3-4-6;3-1-2-4/h4-6,9-11H,7-8H2,1-3H3;5-6H,3-4H2,1-2H3;3-4H,1-2H2. The summed E-state index contributed by atoms with van der Waals surface area (Å²) in [6.45, 7) is 10.7. The van der Waals surface area contributed by atoms with Crippen LogP contribution in [0.3, 0.4) is 0 Å². The Balaban J connectivity index is 0.000000583. The first-order chi connectivity index (χ1) is 17.5. The van der Waals surface area contributed by atoms with Crippen molar-refractivity contribution < 1.29 is 20.1 Å². The molecule has 3 rings (SSSR count). The topological polar surface area (TPSA) is 105 Å². The summed E-state index contributed by atoms with van der Waals surface area (Å²) in [5.41, 5.74) is 1.48. The van der Waals surface area contributed by atoms with Crippen molar-refractivity contribution in [3.05, 3.63) is 61.4 Å². The van der Waals surface area contributed by atoms with Crippen LogP contribution in [0.2, 0.25) is 15.1 Å². The van der Waals surface area contributed by atoms with Gasteiger partial charge >= 0.3 is 0 Å². The minimum absolute atomic E-state index is 0.125.